The molecule has 29 heavy (non-hydrogen) atoms. The van der Waals surface area contributed by atoms with E-state index in [1.807, 2.05) is 63.7 Å². The Labute approximate surface area is 178 Å². The van der Waals surface area contributed by atoms with Gasteiger partial charge in [0.2, 0.25) is 5.91 Å². The Morgan fingerprint density at radius 2 is 2.14 bits per heavy atom. The number of thioether (sulfide) groups is 2. The van der Waals surface area contributed by atoms with Gasteiger partial charge in [-0.25, -0.2) is 0 Å². The maximum atomic E-state index is 13.1. The van der Waals surface area contributed by atoms with Crippen LogP contribution in [0.2, 0.25) is 0 Å². The average Bonchev–Trinajstić information content (AvgIpc) is 3.15. The molecule has 0 saturated carbocycles. The first-order valence-corrected chi connectivity index (χ1v) is 11.3. The zero-order chi connectivity index (χ0) is 20.2. The summed E-state index contributed by atoms with van der Waals surface area (Å²) in [5.41, 5.74) is 1.90. The van der Waals surface area contributed by atoms with Crippen LogP contribution in [0.1, 0.15) is 13.3 Å². The van der Waals surface area contributed by atoms with Gasteiger partial charge in [0.15, 0.2) is 5.16 Å². The summed E-state index contributed by atoms with van der Waals surface area (Å²) in [7, 11) is 1.64. The molecule has 0 radical (unpaired) electrons. The Morgan fingerprint density at radius 1 is 1.28 bits per heavy atom. The van der Waals surface area contributed by atoms with E-state index in [4.69, 9.17) is 4.74 Å². The van der Waals surface area contributed by atoms with E-state index in [1.165, 1.54) is 11.8 Å². The number of hydrogen-bond acceptors (Lipinski definition) is 6. The minimum Gasteiger partial charge on any atom is -0.497 e. The molecule has 3 aromatic rings. The lowest BCUT2D eigenvalue weighted by atomic mass is 10.2. The predicted molar refractivity (Wildman–Crippen MR) is 117 cm³/mol. The monoisotopic (exact) mass is 426 g/mol. The fourth-order valence-corrected chi connectivity index (χ4v) is 5.13. The van der Waals surface area contributed by atoms with E-state index in [1.54, 1.807) is 13.4 Å². The molecule has 8 heteroatoms. The molecule has 1 atom stereocenters. The number of benzene rings is 2. The van der Waals surface area contributed by atoms with E-state index in [-0.39, 0.29) is 5.91 Å². The van der Waals surface area contributed by atoms with Gasteiger partial charge in [0.1, 0.15) is 12.1 Å². The molecule has 4 rings (SSSR count). The van der Waals surface area contributed by atoms with Crippen molar-refractivity contribution >= 4 is 35.1 Å². The molecule has 0 aliphatic carbocycles. The van der Waals surface area contributed by atoms with E-state index >= 15 is 0 Å². The predicted octanol–water partition coefficient (Wildman–Crippen LogP) is 4.29. The molecule has 2 heterocycles. The average molecular weight is 427 g/mol. The topological polar surface area (TPSA) is 60.2 Å². The van der Waals surface area contributed by atoms with Gasteiger partial charge in [-0.1, -0.05) is 36.9 Å². The van der Waals surface area contributed by atoms with Crippen molar-refractivity contribution in [2.75, 3.05) is 24.3 Å². The van der Waals surface area contributed by atoms with Crippen LogP contribution in [0.25, 0.3) is 5.69 Å². The Kier molecular flexibility index (Phi) is 6.10. The first-order valence-electron chi connectivity index (χ1n) is 9.39. The fourth-order valence-electron chi connectivity index (χ4n) is 3.21. The highest BCUT2D eigenvalue weighted by molar-refractivity contribution is 8.00. The van der Waals surface area contributed by atoms with Crippen LogP contribution < -0.4 is 9.64 Å². The number of amides is 1. The molecule has 0 N–H and O–H groups in total. The molecule has 0 saturated heterocycles. The molecule has 1 unspecified atom stereocenters. The molecule has 6 nitrogen and oxygen atoms in total. The minimum atomic E-state index is 0.0809. The van der Waals surface area contributed by atoms with Crippen molar-refractivity contribution in [3.63, 3.8) is 0 Å². The third-order valence-electron chi connectivity index (χ3n) is 4.72. The maximum absolute atomic E-state index is 13.1. The summed E-state index contributed by atoms with van der Waals surface area (Å²) in [5, 5.41) is 9.39. The van der Waals surface area contributed by atoms with Gasteiger partial charge in [-0.2, -0.15) is 0 Å². The maximum Gasteiger partial charge on any atom is 0.237 e. The highest BCUT2D eigenvalue weighted by atomic mass is 32.2. The number of ether oxygens (including phenoxy) is 1. The standard InChI is InChI=1S/C21H22N4O2S2/c1-15-10-11-24(18-8-3-4-9-19(18)29-15)20(26)13-28-21-23-22-14-25(21)16-6-5-7-17(12-16)27-2/h3-9,12,14-15H,10-11,13H2,1-2H3. The smallest absolute Gasteiger partial charge is 0.237 e. The summed E-state index contributed by atoms with van der Waals surface area (Å²) in [4.78, 5) is 16.2. The van der Waals surface area contributed by atoms with Crippen LogP contribution in [0.3, 0.4) is 0 Å². The van der Waals surface area contributed by atoms with E-state index < -0.39 is 0 Å². The first-order chi connectivity index (χ1) is 14.2. The normalized spacial score (nSPS) is 16.2. The van der Waals surface area contributed by atoms with E-state index in [0.717, 1.165) is 35.0 Å². The quantitative estimate of drug-likeness (QED) is 0.568. The summed E-state index contributed by atoms with van der Waals surface area (Å²) in [6, 6.07) is 15.8. The van der Waals surface area contributed by atoms with Crippen LogP contribution in [-0.2, 0) is 4.79 Å². The van der Waals surface area contributed by atoms with Gasteiger partial charge in [0, 0.05) is 22.8 Å². The Hall–Kier alpha value is -2.45. The highest BCUT2D eigenvalue weighted by Crippen LogP contribution is 2.37. The molecule has 1 aliphatic heterocycles. The Bertz CT molecular complexity index is 1010. The second kappa shape index (κ2) is 8.92. The second-order valence-electron chi connectivity index (χ2n) is 6.70. The second-order valence-corrected chi connectivity index (χ2v) is 9.13. The molecule has 0 fully saturated rings. The molecular formula is C21H22N4O2S2. The van der Waals surface area contributed by atoms with Crippen molar-refractivity contribution in [1.82, 2.24) is 14.8 Å². The summed E-state index contributed by atoms with van der Waals surface area (Å²) >= 11 is 3.23. The lowest BCUT2D eigenvalue weighted by molar-refractivity contribution is -0.116. The van der Waals surface area contributed by atoms with Gasteiger partial charge in [-0.05, 0) is 30.7 Å². The Balaban J connectivity index is 1.50. The Morgan fingerprint density at radius 3 is 3.00 bits per heavy atom. The van der Waals surface area contributed by atoms with E-state index in [2.05, 4.69) is 23.2 Å². The number of carbonyl (C=O) groups excluding carboxylic acids is 1. The van der Waals surface area contributed by atoms with Crippen LogP contribution >= 0.6 is 23.5 Å². The summed E-state index contributed by atoms with van der Waals surface area (Å²) in [6.45, 7) is 2.94. The zero-order valence-electron chi connectivity index (χ0n) is 16.3. The number of methoxy groups -OCH3 is 1. The number of aromatic nitrogens is 3. The van der Waals surface area contributed by atoms with Gasteiger partial charge in [-0.15, -0.1) is 22.0 Å². The van der Waals surface area contributed by atoms with Gasteiger partial charge >= 0.3 is 0 Å². The summed E-state index contributed by atoms with van der Waals surface area (Å²) in [5.74, 6) is 1.14. The van der Waals surface area contributed by atoms with Crippen molar-refractivity contribution in [2.45, 2.75) is 28.6 Å². The number of fused-ring (bicyclic) bond motifs is 1. The minimum absolute atomic E-state index is 0.0809. The van der Waals surface area contributed by atoms with Crippen molar-refractivity contribution < 1.29 is 9.53 Å². The lowest BCUT2D eigenvalue weighted by Crippen LogP contribution is -2.33. The lowest BCUT2D eigenvalue weighted by Gasteiger charge is -2.22. The highest BCUT2D eigenvalue weighted by Gasteiger charge is 2.24. The fraction of sp³-hybridized carbons (Fsp3) is 0.286. The van der Waals surface area contributed by atoms with Crippen molar-refractivity contribution in [1.29, 1.82) is 0 Å². The van der Waals surface area contributed by atoms with Crippen LogP contribution in [0, 0.1) is 0 Å². The SMILES string of the molecule is COc1cccc(-n2cnnc2SCC(=O)N2CCC(C)Sc3ccccc32)c1. The number of nitrogens with zero attached hydrogens (tertiary/aromatic N) is 4. The molecule has 0 spiro atoms. The molecule has 150 valence electrons. The summed E-state index contributed by atoms with van der Waals surface area (Å²) < 4.78 is 7.17. The largest absolute Gasteiger partial charge is 0.497 e. The van der Waals surface area contributed by atoms with Crippen molar-refractivity contribution in [3.05, 3.63) is 54.9 Å². The first kappa shape index (κ1) is 19.8. The molecule has 1 aliphatic rings. The van der Waals surface area contributed by atoms with Gasteiger partial charge in [0.05, 0.1) is 24.2 Å². The third-order valence-corrected chi connectivity index (χ3v) is 6.88. The van der Waals surface area contributed by atoms with Gasteiger partial charge in [-0.3, -0.25) is 9.36 Å². The number of anilines is 1. The molecule has 0 bridgehead atoms. The van der Waals surface area contributed by atoms with Crippen LogP contribution in [0.5, 0.6) is 5.75 Å². The third kappa shape index (κ3) is 4.43. The zero-order valence-corrected chi connectivity index (χ0v) is 17.9. The molecule has 1 amide bonds. The van der Waals surface area contributed by atoms with Crippen LogP contribution in [-0.4, -0.2) is 45.3 Å². The van der Waals surface area contributed by atoms with E-state index in [9.17, 15) is 4.79 Å². The van der Waals surface area contributed by atoms with Crippen LogP contribution in [0.15, 0.2) is 64.9 Å². The number of hydrogen-bond donors (Lipinski definition) is 0. The van der Waals surface area contributed by atoms with Gasteiger partial charge in [0.25, 0.3) is 0 Å². The van der Waals surface area contributed by atoms with Gasteiger partial charge < -0.3 is 9.64 Å². The number of carbonyl (C=O) groups is 1. The van der Waals surface area contributed by atoms with E-state index in [0.29, 0.717) is 16.2 Å². The van der Waals surface area contributed by atoms with Crippen molar-refractivity contribution in [2.24, 2.45) is 0 Å². The van der Waals surface area contributed by atoms with Crippen molar-refractivity contribution in [3.8, 4) is 11.4 Å². The van der Waals surface area contributed by atoms with Crippen LogP contribution in [0.4, 0.5) is 5.69 Å². The number of rotatable bonds is 5. The molecular weight excluding hydrogens is 404 g/mol. The molecule has 2 aromatic carbocycles. The molecule has 1 aromatic heterocycles. The number of para-hydroxylation sites is 1. The summed E-state index contributed by atoms with van der Waals surface area (Å²) in [6.07, 6.45) is 2.62.